The van der Waals surface area contributed by atoms with E-state index < -0.39 is 5.97 Å². The van der Waals surface area contributed by atoms with Crippen molar-refractivity contribution in [3.05, 3.63) is 88.1 Å². The second kappa shape index (κ2) is 10.9. The van der Waals surface area contributed by atoms with Crippen LogP contribution in [0.25, 0.3) is 0 Å². The van der Waals surface area contributed by atoms with Crippen LogP contribution in [-0.4, -0.2) is 42.4 Å². The Hall–Kier alpha value is -3.45. The number of nitrogens with zero attached hydrogens (tertiary/aromatic N) is 1. The maximum absolute atomic E-state index is 12.5. The van der Waals surface area contributed by atoms with Gasteiger partial charge in [0.05, 0.1) is 10.4 Å². The molecule has 0 bridgehead atoms. The van der Waals surface area contributed by atoms with E-state index in [1.165, 1.54) is 16.9 Å². The van der Waals surface area contributed by atoms with Gasteiger partial charge in [0.1, 0.15) is 0 Å². The number of hydrogen-bond acceptors (Lipinski definition) is 5. The van der Waals surface area contributed by atoms with E-state index in [4.69, 9.17) is 4.74 Å². The maximum Gasteiger partial charge on any atom is 0.338 e. The van der Waals surface area contributed by atoms with E-state index in [0.29, 0.717) is 35.1 Å². The lowest BCUT2D eigenvalue weighted by atomic mass is 9.90. The third kappa shape index (κ3) is 6.29. The smallest absolute Gasteiger partial charge is 0.338 e. The Kier molecular flexibility index (Phi) is 7.52. The van der Waals surface area contributed by atoms with Crippen molar-refractivity contribution in [3.63, 3.8) is 0 Å². The van der Waals surface area contributed by atoms with Crippen LogP contribution < -0.4 is 5.32 Å². The monoisotopic (exact) mass is 462 g/mol. The van der Waals surface area contributed by atoms with Crippen molar-refractivity contribution in [2.24, 2.45) is 5.92 Å². The van der Waals surface area contributed by atoms with Gasteiger partial charge in [0, 0.05) is 18.8 Å². The molecule has 4 rings (SSSR count). The molecule has 33 heavy (non-hydrogen) atoms. The van der Waals surface area contributed by atoms with Gasteiger partial charge in [-0.15, -0.1) is 11.3 Å². The van der Waals surface area contributed by atoms with Crippen molar-refractivity contribution in [2.75, 3.05) is 25.0 Å². The van der Waals surface area contributed by atoms with Crippen LogP contribution in [0.3, 0.4) is 0 Å². The molecule has 0 radical (unpaired) electrons. The number of carbonyl (C=O) groups is 3. The van der Waals surface area contributed by atoms with Crippen LogP contribution in [0.5, 0.6) is 0 Å². The number of thiophene rings is 1. The lowest BCUT2D eigenvalue weighted by Crippen LogP contribution is -2.41. The third-order valence-electron chi connectivity index (χ3n) is 5.78. The third-order valence-corrected chi connectivity index (χ3v) is 6.65. The predicted molar refractivity (Wildman–Crippen MR) is 128 cm³/mol. The van der Waals surface area contributed by atoms with Gasteiger partial charge >= 0.3 is 5.97 Å². The van der Waals surface area contributed by atoms with Crippen molar-refractivity contribution < 1.29 is 19.1 Å². The van der Waals surface area contributed by atoms with E-state index in [1.807, 2.05) is 17.5 Å². The number of anilines is 1. The van der Waals surface area contributed by atoms with Gasteiger partial charge in [-0.3, -0.25) is 9.59 Å². The van der Waals surface area contributed by atoms with Gasteiger partial charge in [-0.1, -0.05) is 36.4 Å². The van der Waals surface area contributed by atoms with Crippen molar-refractivity contribution in [1.29, 1.82) is 0 Å². The molecule has 0 saturated carbocycles. The van der Waals surface area contributed by atoms with Gasteiger partial charge in [-0.05, 0) is 66.5 Å². The highest BCUT2D eigenvalue weighted by Crippen LogP contribution is 2.22. The minimum absolute atomic E-state index is 0.165. The van der Waals surface area contributed by atoms with E-state index in [1.54, 1.807) is 35.2 Å². The van der Waals surface area contributed by atoms with E-state index in [2.05, 4.69) is 29.6 Å². The fourth-order valence-corrected chi connectivity index (χ4v) is 4.54. The highest BCUT2D eigenvalue weighted by molar-refractivity contribution is 7.12. The fraction of sp³-hybridized carbons (Fsp3) is 0.269. The molecule has 0 spiro atoms. The molecule has 2 heterocycles. The van der Waals surface area contributed by atoms with Crippen LogP contribution in [0.1, 0.15) is 38.4 Å². The maximum atomic E-state index is 12.5. The van der Waals surface area contributed by atoms with Gasteiger partial charge in [-0.25, -0.2) is 4.79 Å². The molecule has 1 fully saturated rings. The van der Waals surface area contributed by atoms with Crippen molar-refractivity contribution >= 4 is 34.8 Å². The SMILES string of the molecule is O=C(OCC(=O)N1CCC(Cc2ccccc2)CC1)c1ccc(NC(=O)c2cccs2)cc1. The highest BCUT2D eigenvalue weighted by Gasteiger charge is 2.24. The summed E-state index contributed by atoms with van der Waals surface area (Å²) in [5, 5.41) is 4.62. The summed E-state index contributed by atoms with van der Waals surface area (Å²) in [6.07, 6.45) is 2.93. The second-order valence-corrected chi connectivity index (χ2v) is 9.05. The molecule has 1 aromatic heterocycles. The average molecular weight is 463 g/mol. The van der Waals surface area contributed by atoms with Crippen LogP contribution >= 0.6 is 11.3 Å². The molecule has 2 aromatic carbocycles. The van der Waals surface area contributed by atoms with Gasteiger partial charge in [0.15, 0.2) is 6.61 Å². The molecule has 0 atom stereocenters. The summed E-state index contributed by atoms with van der Waals surface area (Å²) >= 11 is 1.36. The summed E-state index contributed by atoms with van der Waals surface area (Å²) in [5.74, 6) is -0.351. The van der Waals surface area contributed by atoms with E-state index in [0.717, 1.165) is 19.3 Å². The standard InChI is InChI=1S/C26H26N2O4S/c29-24(28-14-12-20(13-15-28)17-19-5-2-1-3-6-19)18-32-26(31)21-8-10-22(11-9-21)27-25(30)23-7-4-16-33-23/h1-11,16,20H,12-15,17-18H2,(H,27,30). The highest BCUT2D eigenvalue weighted by atomic mass is 32.1. The topological polar surface area (TPSA) is 75.7 Å². The van der Waals surface area contributed by atoms with E-state index in [-0.39, 0.29) is 18.4 Å². The van der Waals surface area contributed by atoms with Gasteiger partial charge in [0.2, 0.25) is 0 Å². The molecular weight excluding hydrogens is 436 g/mol. The largest absolute Gasteiger partial charge is 0.452 e. The summed E-state index contributed by atoms with van der Waals surface area (Å²) in [5.41, 5.74) is 2.24. The Morgan fingerprint density at radius 2 is 1.67 bits per heavy atom. The number of nitrogens with one attached hydrogen (secondary N) is 1. The summed E-state index contributed by atoms with van der Waals surface area (Å²) in [6, 6.07) is 20.4. The molecule has 1 N–H and O–H groups in total. The molecule has 3 aromatic rings. The number of piperidine rings is 1. The number of benzene rings is 2. The second-order valence-electron chi connectivity index (χ2n) is 8.10. The number of likely N-dealkylation sites (tertiary alicyclic amines) is 1. The molecule has 7 heteroatoms. The quantitative estimate of drug-likeness (QED) is 0.519. The predicted octanol–water partition coefficient (Wildman–Crippen LogP) is 4.64. The first-order valence-electron chi connectivity index (χ1n) is 11.0. The zero-order valence-corrected chi connectivity index (χ0v) is 19.1. The Bertz CT molecular complexity index is 1070. The van der Waals surface area contributed by atoms with Crippen molar-refractivity contribution in [1.82, 2.24) is 4.90 Å². The molecule has 6 nitrogen and oxygen atoms in total. The Morgan fingerprint density at radius 3 is 2.33 bits per heavy atom. The van der Waals surface area contributed by atoms with Crippen LogP contribution in [0.15, 0.2) is 72.1 Å². The van der Waals surface area contributed by atoms with Crippen LogP contribution in [0.2, 0.25) is 0 Å². The molecular formula is C26H26N2O4S. The molecule has 1 aliphatic heterocycles. The van der Waals surface area contributed by atoms with Crippen molar-refractivity contribution in [2.45, 2.75) is 19.3 Å². The first-order chi connectivity index (χ1) is 16.1. The van der Waals surface area contributed by atoms with E-state index in [9.17, 15) is 14.4 Å². The van der Waals surface area contributed by atoms with E-state index >= 15 is 0 Å². The van der Waals surface area contributed by atoms with Gasteiger partial charge < -0.3 is 15.0 Å². The first kappa shape index (κ1) is 22.7. The lowest BCUT2D eigenvalue weighted by Gasteiger charge is -2.32. The average Bonchev–Trinajstić information content (AvgIpc) is 3.39. The Morgan fingerprint density at radius 1 is 0.939 bits per heavy atom. The number of hydrogen-bond donors (Lipinski definition) is 1. The molecule has 1 saturated heterocycles. The molecule has 1 aliphatic rings. The van der Waals surface area contributed by atoms with Gasteiger partial charge in [0.25, 0.3) is 11.8 Å². The Balaban J connectivity index is 1.20. The number of carbonyl (C=O) groups excluding carboxylic acids is 3. The lowest BCUT2D eigenvalue weighted by molar-refractivity contribution is -0.135. The van der Waals surface area contributed by atoms with Crippen LogP contribution in [-0.2, 0) is 16.0 Å². The molecule has 2 amide bonds. The minimum atomic E-state index is -0.557. The van der Waals surface area contributed by atoms with Crippen LogP contribution in [0, 0.1) is 5.92 Å². The minimum Gasteiger partial charge on any atom is -0.452 e. The molecule has 0 aliphatic carbocycles. The summed E-state index contributed by atoms with van der Waals surface area (Å²) < 4.78 is 5.23. The summed E-state index contributed by atoms with van der Waals surface area (Å²) in [6.45, 7) is 1.11. The molecule has 170 valence electrons. The normalized spacial score (nSPS) is 14.0. The summed E-state index contributed by atoms with van der Waals surface area (Å²) in [7, 11) is 0. The number of rotatable bonds is 7. The van der Waals surface area contributed by atoms with Crippen LogP contribution in [0.4, 0.5) is 5.69 Å². The summed E-state index contributed by atoms with van der Waals surface area (Å²) in [4.78, 5) is 39.3. The first-order valence-corrected chi connectivity index (χ1v) is 11.9. The fourth-order valence-electron chi connectivity index (χ4n) is 3.93. The van der Waals surface area contributed by atoms with Crippen molar-refractivity contribution in [3.8, 4) is 0 Å². The number of amides is 2. The Labute approximate surface area is 197 Å². The zero-order valence-electron chi connectivity index (χ0n) is 18.2. The molecule has 0 unspecified atom stereocenters. The number of ether oxygens (including phenoxy) is 1. The zero-order chi connectivity index (χ0) is 23.0. The van der Waals surface area contributed by atoms with Gasteiger partial charge in [-0.2, -0.15) is 0 Å². The number of esters is 1.